The van der Waals surface area contributed by atoms with E-state index in [2.05, 4.69) is 29.2 Å². The molecule has 0 amide bonds. The molecule has 6 heteroatoms. The molecule has 1 aliphatic rings. The van der Waals surface area contributed by atoms with Crippen LogP contribution in [0.4, 0.5) is 4.39 Å². The Labute approximate surface area is 161 Å². The van der Waals surface area contributed by atoms with Gasteiger partial charge in [-0.25, -0.2) is 12.8 Å². The van der Waals surface area contributed by atoms with Crippen LogP contribution < -0.4 is 0 Å². The summed E-state index contributed by atoms with van der Waals surface area (Å²) >= 11 is 0. The van der Waals surface area contributed by atoms with Gasteiger partial charge in [0, 0.05) is 32.7 Å². The van der Waals surface area contributed by atoms with Gasteiger partial charge in [0.1, 0.15) is 5.82 Å². The van der Waals surface area contributed by atoms with Crippen LogP contribution in [0.25, 0.3) is 6.08 Å². The molecule has 1 aliphatic heterocycles. The van der Waals surface area contributed by atoms with Gasteiger partial charge >= 0.3 is 0 Å². The Kier molecular flexibility index (Phi) is 6.77. The summed E-state index contributed by atoms with van der Waals surface area (Å²) in [5.74, 6) is -0.398. The molecule has 0 saturated carbocycles. The molecule has 1 heterocycles. The minimum atomic E-state index is -3.36. The Morgan fingerprint density at radius 1 is 0.926 bits per heavy atom. The van der Waals surface area contributed by atoms with Gasteiger partial charge in [-0.1, -0.05) is 60.7 Å². The van der Waals surface area contributed by atoms with Gasteiger partial charge in [-0.2, -0.15) is 4.31 Å². The molecule has 0 radical (unpaired) electrons. The third-order valence-corrected chi connectivity index (χ3v) is 6.66. The van der Waals surface area contributed by atoms with Crippen LogP contribution in [0.3, 0.4) is 0 Å². The number of hydrogen-bond donors (Lipinski definition) is 0. The SMILES string of the molecule is O=S(=O)(CCc1ccccc1F)N1CCN(C/C=C/c2ccccc2)CC1. The van der Waals surface area contributed by atoms with Crippen molar-refractivity contribution in [3.8, 4) is 0 Å². The molecular weight excluding hydrogens is 363 g/mol. The summed E-state index contributed by atoms with van der Waals surface area (Å²) in [5.41, 5.74) is 1.61. The largest absolute Gasteiger partial charge is 0.297 e. The van der Waals surface area contributed by atoms with Crippen molar-refractivity contribution in [2.75, 3.05) is 38.5 Å². The zero-order valence-corrected chi connectivity index (χ0v) is 16.1. The first-order chi connectivity index (χ1) is 13.0. The summed E-state index contributed by atoms with van der Waals surface area (Å²) in [4.78, 5) is 2.24. The number of benzene rings is 2. The maximum atomic E-state index is 13.7. The number of piperazine rings is 1. The number of halogens is 1. The van der Waals surface area contributed by atoms with Crippen LogP contribution in [-0.4, -0.2) is 56.1 Å². The maximum Gasteiger partial charge on any atom is 0.214 e. The van der Waals surface area contributed by atoms with Gasteiger partial charge in [0.2, 0.25) is 10.0 Å². The summed E-state index contributed by atoms with van der Waals surface area (Å²) in [7, 11) is -3.36. The van der Waals surface area contributed by atoms with Crippen molar-refractivity contribution in [2.45, 2.75) is 6.42 Å². The minimum absolute atomic E-state index is 0.0537. The predicted octanol–water partition coefficient (Wildman–Crippen LogP) is 3.03. The lowest BCUT2D eigenvalue weighted by molar-refractivity contribution is 0.204. The molecule has 27 heavy (non-hydrogen) atoms. The van der Waals surface area contributed by atoms with Crippen molar-refractivity contribution in [1.82, 2.24) is 9.21 Å². The monoisotopic (exact) mass is 388 g/mol. The third kappa shape index (κ3) is 5.73. The third-order valence-electron chi connectivity index (χ3n) is 4.79. The molecule has 4 nitrogen and oxygen atoms in total. The van der Waals surface area contributed by atoms with E-state index in [0.717, 1.165) is 12.1 Å². The van der Waals surface area contributed by atoms with Crippen LogP contribution in [0, 0.1) is 5.82 Å². The van der Waals surface area contributed by atoms with E-state index in [9.17, 15) is 12.8 Å². The molecule has 0 bridgehead atoms. The van der Waals surface area contributed by atoms with Crippen molar-refractivity contribution in [1.29, 1.82) is 0 Å². The summed E-state index contributed by atoms with van der Waals surface area (Å²) in [6.07, 6.45) is 4.39. The Balaban J connectivity index is 1.46. The average Bonchev–Trinajstić information content (AvgIpc) is 2.69. The highest BCUT2D eigenvalue weighted by atomic mass is 32.2. The topological polar surface area (TPSA) is 40.6 Å². The molecule has 0 N–H and O–H groups in total. The van der Waals surface area contributed by atoms with E-state index in [0.29, 0.717) is 31.7 Å². The molecule has 144 valence electrons. The molecule has 2 aromatic rings. The molecule has 0 spiro atoms. The quantitative estimate of drug-likeness (QED) is 0.732. The van der Waals surface area contributed by atoms with Crippen molar-refractivity contribution >= 4 is 16.1 Å². The molecule has 0 aromatic heterocycles. The fourth-order valence-electron chi connectivity index (χ4n) is 3.16. The van der Waals surface area contributed by atoms with E-state index < -0.39 is 10.0 Å². The second-order valence-electron chi connectivity index (χ2n) is 6.67. The normalized spacial score (nSPS) is 16.8. The highest BCUT2D eigenvalue weighted by Crippen LogP contribution is 2.13. The maximum absolute atomic E-state index is 13.7. The molecule has 0 atom stereocenters. The van der Waals surface area contributed by atoms with Gasteiger partial charge < -0.3 is 0 Å². The van der Waals surface area contributed by atoms with E-state index >= 15 is 0 Å². The Morgan fingerprint density at radius 2 is 1.59 bits per heavy atom. The first kappa shape index (κ1) is 19.7. The number of sulfonamides is 1. The van der Waals surface area contributed by atoms with Crippen LogP contribution in [0.5, 0.6) is 0 Å². The molecule has 1 fully saturated rings. The lowest BCUT2D eigenvalue weighted by Crippen LogP contribution is -2.49. The van der Waals surface area contributed by atoms with Crippen LogP contribution in [0.15, 0.2) is 60.7 Å². The van der Waals surface area contributed by atoms with Gasteiger partial charge in [-0.05, 0) is 23.6 Å². The van der Waals surface area contributed by atoms with Gasteiger partial charge in [0.15, 0.2) is 0 Å². The number of nitrogens with zero attached hydrogens (tertiary/aromatic N) is 2. The predicted molar refractivity (Wildman–Crippen MR) is 107 cm³/mol. The van der Waals surface area contributed by atoms with Crippen molar-refractivity contribution < 1.29 is 12.8 Å². The van der Waals surface area contributed by atoms with Gasteiger partial charge in [0.05, 0.1) is 5.75 Å². The van der Waals surface area contributed by atoms with E-state index in [-0.39, 0.29) is 18.0 Å². The highest BCUT2D eigenvalue weighted by Gasteiger charge is 2.26. The van der Waals surface area contributed by atoms with Crippen molar-refractivity contribution in [3.05, 3.63) is 77.6 Å². The molecule has 1 saturated heterocycles. The van der Waals surface area contributed by atoms with Crippen LogP contribution in [0.1, 0.15) is 11.1 Å². The molecule has 2 aromatic carbocycles. The molecule has 0 aliphatic carbocycles. The first-order valence-electron chi connectivity index (χ1n) is 9.20. The summed E-state index contributed by atoms with van der Waals surface area (Å²) in [6, 6.07) is 16.4. The van der Waals surface area contributed by atoms with E-state index in [4.69, 9.17) is 0 Å². The fourth-order valence-corrected chi connectivity index (χ4v) is 4.62. The second-order valence-corrected chi connectivity index (χ2v) is 8.76. The number of hydrogen-bond acceptors (Lipinski definition) is 3. The lowest BCUT2D eigenvalue weighted by Gasteiger charge is -2.33. The Bertz CT molecular complexity index is 861. The standard InChI is InChI=1S/C21H25FN2O2S/c22-21-11-5-4-10-20(21)12-18-27(25,26)24-16-14-23(15-17-24)13-6-9-19-7-2-1-3-8-19/h1-11H,12-18H2/b9-6+. The zero-order valence-electron chi connectivity index (χ0n) is 15.3. The van der Waals surface area contributed by atoms with E-state index in [1.807, 2.05) is 18.2 Å². The van der Waals surface area contributed by atoms with Gasteiger partial charge in [-0.15, -0.1) is 0 Å². The van der Waals surface area contributed by atoms with E-state index in [1.54, 1.807) is 18.2 Å². The van der Waals surface area contributed by atoms with Gasteiger partial charge in [0.25, 0.3) is 0 Å². The van der Waals surface area contributed by atoms with Gasteiger partial charge in [-0.3, -0.25) is 4.90 Å². The minimum Gasteiger partial charge on any atom is -0.297 e. The highest BCUT2D eigenvalue weighted by molar-refractivity contribution is 7.89. The fraction of sp³-hybridized carbons (Fsp3) is 0.333. The van der Waals surface area contributed by atoms with Crippen LogP contribution >= 0.6 is 0 Å². The zero-order chi connectivity index (χ0) is 19.1. The van der Waals surface area contributed by atoms with Crippen molar-refractivity contribution in [2.24, 2.45) is 0 Å². The number of aryl methyl sites for hydroxylation is 1. The van der Waals surface area contributed by atoms with Crippen LogP contribution in [0.2, 0.25) is 0 Å². The smallest absolute Gasteiger partial charge is 0.214 e. The Morgan fingerprint density at radius 3 is 2.30 bits per heavy atom. The lowest BCUT2D eigenvalue weighted by atomic mass is 10.2. The van der Waals surface area contributed by atoms with Crippen molar-refractivity contribution in [3.63, 3.8) is 0 Å². The summed E-state index contributed by atoms with van der Waals surface area (Å²) < 4.78 is 40.3. The summed E-state index contributed by atoms with van der Waals surface area (Å²) in [6.45, 7) is 3.19. The molecule has 0 unspecified atom stereocenters. The molecule has 3 rings (SSSR count). The average molecular weight is 389 g/mol. The van der Waals surface area contributed by atoms with E-state index in [1.165, 1.54) is 10.4 Å². The first-order valence-corrected chi connectivity index (χ1v) is 10.8. The van der Waals surface area contributed by atoms with Crippen LogP contribution in [-0.2, 0) is 16.4 Å². The summed E-state index contributed by atoms with van der Waals surface area (Å²) in [5, 5.41) is 0. The second kappa shape index (κ2) is 9.26. The molecular formula is C21H25FN2O2S. The number of rotatable bonds is 7. The Hall–Kier alpha value is -2.02.